The molecule has 1 aromatic carbocycles. The van der Waals surface area contributed by atoms with Crippen LogP contribution in [0.25, 0.3) is 0 Å². The first-order chi connectivity index (χ1) is 8.19. The first-order valence-electron chi connectivity index (χ1n) is 4.69. The molecule has 0 saturated carbocycles. The van der Waals surface area contributed by atoms with Crippen molar-refractivity contribution in [3.8, 4) is 6.07 Å². The quantitative estimate of drug-likeness (QED) is 0.817. The second-order valence-electron chi connectivity index (χ2n) is 3.15. The van der Waals surface area contributed by atoms with E-state index in [-0.39, 0.29) is 10.6 Å². The van der Waals surface area contributed by atoms with E-state index < -0.39 is 11.6 Å². The Hall–Kier alpha value is -1.93. The Morgan fingerprint density at radius 1 is 1.18 bits per heavy atom. The summed E-state index contributed by atoms with van der Waals surface area (Å²) in [6.07, 6.45) is 0. The molecule has 0 radical (unpaired) electrons. The van der Waals surface area contributed by atoms with E-state index in [0.29, 0.717) is 5.03 Å². The summed E-state index contributed by atoms with van der Waals surface area (Å²) < 4.78 is 26.1. The minimum atomic E-state index is -0.640. The van der Waals surface area contributed by atoms with Gasteiger partial charge in [0.25, 0.3) is 0 Å². The Balaban J connectivity index is 2.28. The molecule has 0 bridgehead atoms. The molecule has 2 nitrogen and oxygen atoms in total. The van der Waals surface area contributed by atoms with Gasteiger partial charge in [-0.2, -0.15) is 5.26 Å². The minimum absolute atomic E-state index is 0.262. The number of pyridine rings is 1. The van der Waals surface area contributed by atoms with E-state index in [0.717, 1.165) is 17.8 Å². The Labute approximate surface area is 101 Å². The van der Waals surface area contributed by atoms with E-state index in [1.54, 1.807) is 18.2 Å². The molecule has 84 valence electrons. The van der Waals surface area contributed by atoms with Crippen molar-refractivity contribution in [2.24, 2.45) is 0 Å². The van der Waals surface area contributed by atoms with E-state index in [4.69, 9.17) is 5.26 Å². The van der Waals surface area contributed by atoms with Crippen molar-refractivity contribution in [3.63, 3.8) is 0 Å². The van der Waals surface area contributed by atoms with Crippen LogP contribution in [0.1, 0.15) is 5.69 Å². The third kappa shape index (κ3) is 2.80. The van der Waals surface area contributed by atoms with E-state index in [9.17, 15) is 8.78 Å². The summed E-state index contributed by atoms with van der Waals surface area (Å²) in [7, 11) is 0. The first-order valence-corrected chi connectivity index (χ1v) is 5.51. The van der Waals surface area contributed by atoms with Crippen molar-refractivity contribution in [3.05, 3.63) is 53.7 Å². The molecule has 1 heterocycles. The van der Waals surface area contributed by atoms with E-state index in [1.807, 2.05) is 6.07 Å². The van der Waals surface area contributed by atoms with Crippen molar-refractivity contribution < 1.29 is 8.78 Å². The zero-order valence-corrected chi connectivity index (χ0v) is 9.34. The van der Waals surface area contributed by atoms with Crippen LogP contribution in [0.5, 0.6) is 0 Å². The fraction of sp³-hybridized carbons (Fsp3) is 0. The number of benzene rings is 1. The second kappa shape index (κ2) is 4.93. The van der Waals surface area contributed by atoms with Crippen LogP contribution < -0.4 is 0 Å². The molecule has 0 atom stereocenters. The van der Waals surface area contributed by atoms with Gasteiger partial charge in [-0.1, -0.05) is 17.8 Å². The average Bonchev–Trinajstić information content (AvgIpc) is 2.33. The molecule has 0 spiro atoms. The summed E-state index contributed by atoms with van der Waals surface area (Å²) in [5.74, 6) is -1.26. The van der Waals surface area contributed by atoms with Crippen LogP contribution in [0.2, 0.25) is 0 Å². The monoisotopic (exact) mass is 248 g/mol. The minimum Gasteiger partial charge on any atom is -0.230 e. The van der Waals surface area contributed by atoms with Crippen molar-refractivity contribution in [2.75, 3.05) is 0 Å². The van der Waals surface area contributed by atoms with Crippen LogP contribution in [0, 0.1) is 23.0 Å². The van der Waals surface area contributed by atoms with Crippen LogP contribution in [0.3, 0.4) is 0 Å². The zero-order valence-electron chi connectivity index (χ0n) is 8.52. The van der Waals surface area contributed by atoms with Crippen LogP contribution in [-0.2, 0) is 0 Å². The number of nitrogens with zero attached hydrogens (tertiary/aromatic N) is 2. The largest absolute Gasteiger partial charge is 0.230 e. The van der Waals surface area contributed by atoms with Crippen molar-refractivity contribution >= 4 is 11.8 Å². The third-order valence-electron chi connectivity index (χ3n) is 1.95. The summed E-state index contributed by atoms with van der Waals surface area (Å²) in [6, 6.07) is 10.1. The molecule has 0 N–H and O–H groups in total. The van der Waals surface area contributed by atoms with Crippen LogP contribution in [0.15, 0.2) is 46.3 Å². The van der Waals surface area contributed by atoms with Crippen LogP contribution >= 0.6 is 11.8 Å². The maximum Gasteiger partial charge on any atom is 0.141 e. The highest BCUT2D eigenvalue weighted by molar-refractivity contribution is 7.99. The zero-order chi connectivity index (χ0) is 12.3. The molecule has 0 unspecified atom stereocenters. The predicted octanol–water partition coefficient (Wildman–Crippen LogP) is 3.38. The Morgan fingerprint density at radius 2 is 2.00 bits per heavy atom. The van der Waals surface area contributed by atoms with Gasteiger partial charge >= 0.3 is 0 Å². The lowest BCUT2D eigenvalue weighted by molar-refractivity contribution is 0.565. The standard InChI is InChI=1S/C12H6F2N2S/c13-8-4-5-11(10(14)6-8)17-12-3-1-2-9(7-15)16-12/h1-6H. The highest BCUT2D eigenvalue weighted by Gasteiger charge is 2.06. The molecule has 0 amide bonds. The fourth-order valence-corrected chi connectivity index (χ4v) is 2.01. The number of aromatic nitrogens is 1. The molecule has 5 heteroatoms. The van der Waals surface area contributed by atoms with Gasteiger partial charge in [-0.25, -0.2) is 13.8 Å². The molecule has 17 heavy (non-hydrogen) atoms. The van der Waals surface area contributed by atoms with Gasteiger partial charge in [0, 0.05) is 11.0 Å². The summed E-state index contributed by atoms with van der Waals surface area (Å²) in [5.41, 5.74) is 0.262. The molecule has 0 aliphatic rings. The molecule has 0 fully saturated rings. The van der Waals surface area contributed by atoms with Gasteiger partial charge in [-0.3, -0.25) is 0 Å². The Kier molecular flexibility index (Phi) is 3.35. The van der Waals surface area contributed by atoms with Crippen molar-refractivity contribution in [2.45, 2.75) is 9.92 Å². The van der Waals surface area contributed by atoms with Gasteiger partial charge in [0.1, 0.15) is 28.4 Å². The normalized spacial score (nSPS) is 9.94. The topological polar surface area (TPSA) is 36.7 Å². The third-order valence-corrected chi connectivity index (χ3v) is 2.93. The summed E-state index contributed by atoms with van der Waals surface area (Å²) >= 11 is 1.05. The van der Waals surface area contributed by atoms with E-state index in [1.165, 1.54) is 12.1 Å². The lowest BCUT2D eigenvalue weighted by Gasteiger charge is -2.02. The molecule has 0 aliphatic heterocycles. The van der Waals surface area contributed by atoms with Gasteiger partial charge in [0.15, 0.2) is 0 Å². The number of halogens is 2. The smallest absolute Gasteiger partial charge is 0.141 e. The van der Waals surface area contributed by atoms with E-state index in [2.05, 4.69) is 4.98 Å². The van der Waals surface area contributed by atoms with Crippen molar-refractivity contribution in [1.82, 2.24) is 4.98 Å². The molecule has 1 aromatic heterocycles. The lowest BCUT2D eigenvalue weighted by Crippen LogP contribution is -1.87. The number of nitriles is 1. The summed E-state index contributed by atoms with van der Waals surface area (Å²) in [6.45, 7) is 0. The molecule has 2 aromatic rings. The molecular formula is C12H6F2N2S. The summed E-state index contributed by atoms with van der Waals surface area (Å²) in [5, 5.41) is 9.17. The predicted molar refractivity (Wildman–Crippen MR) is 59.4 cm³/mol. The van der Waals surface area contributed by atoms with Gasteiger partial charge in [-0.05, 0) is 24.3 Å². The van der Waals surface area contributed by atoms with E-state index >= 15 is 0 Å². The number of hydrogen-bond donors (Lipinski definition) is 0. The fourth-order valence-electron chi connectivity index (χ4n) is 1.20. The number of rotatable bonds is 2. The maximum absolute atomic E-state index is 13.4. The summed E-state index contributed by atoms with van der Waals surface area (Å²) in [4.78, 5) is 4.26. The average molecular weight is 248 g/mol. The highest BCUT2D eigenvalue weighted by atomic mass is 32.2. The maximum atomic E-state index is 13.4. The molecule has 2 rings (SSSR count). The van der Waals surface area contributed by atoms with Gasteiger partial charge in [0.05, 0.1) is 0 Å². The van der Waals surface area contributed by atoms with Gasteiger partial charge in [-0.15, -0.1) is 0 Å². The van der Waals surface area contributed by atoms with Crippen molar-refractivity contribution in [1.29, 1.82) is 5.26 Å². The number of hydrogen-bond acceptors (Lipinski definition) is 3. The van der Waals surface area contributed by atoms with Gasteiger partial charge < -0.3 is 0 Å². The van der Waals surface area contributed by atoms with Gasteiger partial charge in [0.2, 0.25) is 0 Å². The molecule has 0 aliphatic carbocycles. The Bertz CT molecular complexity index is 593. The lowest BCUT2D eigenvalue weighted by atomic mass is 10.3. The van der Waals surface area contributed by atoms with Crippen LogP contribution in [0.4, 0.5) is 8.78 Å². The second-order valence-corrected chi connectivity index (χ2v) is 4.21. The van der Waals surface area contributed by atoms with Crippen LogP contribution in [-0.4, -0.2) is 4.98 Å². The molecular weight excluding hydrogens is 242 g/mol. The Morgan fingerprint density at radius 3 is 2.71 bits per heavy atom. The SMILES string of the molecule is N#Cc1cccc(Sc2ccc(F)cc2F)n1. The highest BCUT2D eigenvalue weighted by Crippen LogP contribution is 2.28. The molecule has 0 saturated heterocycles. The first kappa shape index (κ1) is 11.6.